The van der Waals surface area contributed by atoms with Crippen molar-refractivity contribution in [3.05, 3.63) is 36.4 Å². The lowest BCUT2D eigenvalue weighted by Crippen LogP contribution is -1.99. The summed E-state index contributed by atoms with van der Waals surface area (Å²) in [4.78, 5) is 21.4. The summed E-state index contributed by atoms with van der Waals surface area (Å²) in [5.41, 5.74) is 1.43. The van der Waals surface area contributed by atoms with Gasteiger partial charge in [-0.25, -0.2) is 4.98 Å². The van der Waals surface area contributed by atoms with Crippen molar-refractivity contribution in [2.75, 3.05) is 0 Å². The van der Waals surface area contributed by atoms with Gasteiger partial charge in [-0.2, -0.15) is 0 Å². The Morgan fingerprint density at radius 2 is 2.33 bits per heavy atom. The first kappa shape index (κ1) is 9.39. The minimum absolute atomic E-state index is 0.0484. The van der Waals surface area contributed by atoms with E-state index in [2.05, 4.69) is 15.0 Å². The zero-order chi connectivity index (χ0) is 10.7. The van der Waals surface area contributed by atoms with Crippen LogP contribution in [-0.4, -0.2) is 26.0 Å². The standard InChI is InChI=1S/C10H9N3O2/c14-9(15)4-8-6-12-10(13-8)7-2-1-3-11-5-7/h1-3,5-6H,4H2,(H,12,13)(H,14,15). The molecule has 0 aliphatic rings. The highest BCUT2D eigenvalue weighted by atomic mass is 16.4. The summed E-state index contributed by atoms with van der Waals surface area (Å²) >= 11 is 0. The fraction of sp³-hybridized carbons (Fsp3) is 0.100. The maximum Gasteiger partial charge on any atom is 0.309 e. The van der Waals surface area contributed by atoms with Crippen LogP contribution in [0.1, 0.15) is 5.69 Å². The summed E-state index contributed by atoms with van der Waals surface area (Å²) in [6.45, 7) is 0. The fourth-order valence-corrected chi connectivity index (χ4v) is 1.26. The molecule has 0 amide bonds. The predicted octanol–water partition coefficient (Wildman–Crippen LogP) is 1.10. The van der Waals surface area contributed by atoms with Crippen LogP contribution in [0.2, 0.25) is 0 Å². The quantitative estimate of drug-likeness (QED) is 0.782. The Bertz CT molecular complexity index is 465. The van der Waals surface area contributed by atoms with Crippen LogP contribution in [0.15, 0.2) is 30.7 Å². The van der Waals surface area contributed by atoms with Crippen molar-refractivity contribution in [1.29, 1.82) is 0 Å². The first-order valence-electron chi connectivity index (χ1n) is 4.42. The number of aliphatic carboxylic acids is 1. The number of pyridine rings is 1. The lowest BCUT2D eigenvalue weighted by Gasteiger charge is -1.94. The van der Waals surface area contributed by atoms with Crippen LogP contribution in [-0.2, 0) is 11.2 Å². The second-order valence-corrected chi connectivity index (χ2v) is 3.07. The molecule has 2 aromatic heterocycles. The highest BCUT2D eigenvalue weighted by Gasteiger charge is 2.06. The second-order valence-electron chi connectivity index (χ2n) is 3.07. The molecule has 0 spiro atoms. The van der Waals surface area contributed by atoms with Crippen molar-refractivity contribution in [1.82, 2.24) is 15.0 Å². The Hall–Kier alpha value is -2.17. The molecule has 0 aliphatic carbocycles. The van der Waals surface area contributed by atoms with E-state index in [0.29, 0.717) is 11.5 Å². The monoisotopic (exact) mass is 203 g/mol. The molecule has 5 nitrogen and oxygen atoms in total. The largest absolute Gasteiger partial charge is 0.481 e. The van der Waals surface area contributed by atoms with Crippen molar-refractivity contribution < 1.29 is 9.90 Å². The van der Waals surface area contributed by atoms with E-state index >= 15 is 0 Å². The van der Waals surface area contributed by atoms with E-state index in [-0.39, 0.29) is 6.42 Å². The zero-order valence-electron chi connectivity index (χ0n) is 7.84. The minimum Gasteiger partial charge on any atom is -0.481 e. The molecule has 2 aromatic rings. The Labute approximate surface area is 85.8 Å². The van der Waals surface area contributed by atoms with Crippen molar-refractivity contribution in [2.24, 2.45) is 0 Å². The van der Waals surface area contributed by atoms with Crippen LogP contribution in [0, 0.1) is 0 Å². The predicted molar refractivity (Wildman–Crippen MR) is 53.2 cm³/mol. The first-order chi connectivity index (χ1) is 7.25. The third-order valence-corrected chi connectivity index (χ3v) is 1.91. The van der Waals surface area contributed by atoms with Gasteiger partial charge in [0.2, 0.25) is 0 Å². The van der Waals surface area contributed by atoms with Gasteiger partial charge >= 0.3 is 5.97 Å². The molecule has 0 atom stereocenters. The number of nitrogens with one attached hydrogen (secondary N) is 1. The van der Waals surface area contributed by atoms with Gasteiger partial charge in [0, 0.05) is 29.8 Å². The molecule has 5 heteroatoms. The van der Waals surface area contributed by atoms with E-state index in [9.17, 15) is 4.79 Å². The van der Waals surface area contributed by atoms with E-state index in [0.717, 1.165) is 5.56 Å². The smallest absolute Gasteiger partial charge is 0.309 e. The normalized spacial score (nSPS) is 10.1. The Morgan fingerprint density at radius 1 is 1.47 bits per heavy atom. The van der Waals surface area contributed by atoms with Gasteiger partial charge in [0.25, 0.3) is 0 Å². The van der Waals surface area contributed by atoms with Gasteiger partial charge in [0.05, 0.1) is 6.42 Å². The van der Waals surface area contributed by atoms with Gasteiger partial charge < -0.3 is 10.1 Å². The molecule has 0 bridgehead atoms. The molecule has 15 heavy (non-hydrogen) atoms. The van der Waals surface area contributed by atoms with E-state index in [1.807, 2.05) is 6.07 Å². The average molecular weight is 203 g/mol. The Kier molecular flexibility index (Phi) is 2.45. The molecule has 0 saturated heterocycles. The first-order valence-corrected chi connectivity index (χ1v) is 4.42. The number of imidazole rings is 1. The summed E-state index contributed by atoms with van der Waals surface area (Å²) in [7, 11) is 0. The molecule has 0 aliphatic heterocycles. The van der Waals surface area contributed by atoms with E-state index in [1.165, 1.54) is 6.20 Å². The van der Waals surface area contributed by atoms with Crippen LogP contribution in [0.25, 0.3) is 11.4 Å². The molecule has 0 unspecified atom stereocenters. The van der Waals surface area contributed by atoms with Crippen LogP contribution >= 0.6 is 0 Å². The van der Waals surface area contributed by atoms with Gasteiger partial charge in [-0.3, -0.25) is 9.78 Å². The molecule has 2 N–H and O–H groups in total. The number of rotatable bonds is 3. The van der Waals surface area contributed by atoms with E-state index in [4.69, 9.17) is 5.11 Å². The van der Waals surface area contributed by atoms with Crippen LogP contribution in [0.5, 0.6) is 0 Å². The van der Waals surface area contributed by atoms with Gasteiger partial charge in [-0.1, -0.05) is 0 Å². The third kappa shape index (κ3) is 2.19. The number of nitrogens with zero attached hydrogens (tertiary/aromatic N) is 2. The topological polar surface area (TPSA) is 78.9 Å². The highest BCUT2D eigenvalue weighted by molar-refractivity contribution is 5.69. The summed E-state index contributed by atoms with van der Waals surface area (Å²) in [6, 6.07) is 3.66. The van der Waals surface area contributed by atoms with Gasteiger partial charge in [-0.15, -0.1) is 0 Å². The number of carboxylic acid groups (broad SMARTS) is 1. The van der Waals surface area contributed by atoms with Crippen molar-refractivity contribution in [2.45, 2.75) is 6.42 Å². The number of H-pyrrole nitrogens is 1. The summed E-state index contributed by atoms with van der Waals surface area (Å²) < 4.78 is 0. The van der Waals surface area contributed by atoms with Crippen LogP contribution < -0.4 is 0 Å². The van der Waals surface area contributed by atoms with Crippen molar-refractivity contribution in [3.8, 4) is 11.4 Å². The minimum atomic E-state index is -0.878. The third-order valence-electron chi connectivity index (χ3n) is 1.91. The number of hydrogen-bond acceptors (Lipinski definition) is 3. The number of carboxylic acids is 1. The molecule has 0 aromatic carbocycles. The Morgan fingerprint density at radius 3 is 3.00 bits per heavy atom. The average Bonchev–Trinajstić information content (AvgIpc) is 2.67. The summed E-state index contributed by atoms with van der Waals surface area (Å²) in [5, 5.41) is 8.59. The second kappa shape index (κ2) is 3.91. The number of aromatic amines is 1. The van der Waals surface area contributed by atoms with Crippen LogP contribution in [0.4, 0.5) is 0 Å². The van der Waals surface area contributed by atoms with E-state index < -0.39 is 5.97 Å². The van der Waals surface area contributed by atoms with E-state index in [1.54, 1.807) is 18.5 Å². The molecule has 76 valence electrons. The van der Waals surface area contributed by atoms with Gasteiger partial charge in [-0.05, 0) is 12.1 Å². The molecule has 2 rings (SSSR count). The molecular formula is C10H9N3O2. The lowest BCUT2D eigenvalue weighted by molar-refractivity contribution is -0.136. The maximum absolute atomic E-state index is 10.5. The SMILES string of the molecule is O=C(O)Cc1cnc(-c2cccnc2)[nH]1. The molecule has 2 heterocycles. The molecular weight excluding hydrogens is 194 g/mol. The summed E-state index contributed by atoms with van der Waals surface area (Å²) in [5.74, 6) is -0.240. The number of aromatic nitrogens is 3. The molecule has 0 fully saturated rings. The van der Waals surface area contributed by atoms with Gasteiger partial charge in [0.1, 0.15) is 5.82 Å². The zero-order valence-corrected chi connectivity index (χ0v) is 7.84. The number of hydrogen-bond donors (Lipinski definition) is 2. The van der Waals surface area contributed by atoms with Crippen molar-refractivity contribution in [3.63, 3.8) is 0 Å². The molecule has 0 radical (unpaired) electrons. The van der Waals surface area contributed by atoms with Gasteiger partial charge in [0.15, 0.2) is 0 Å². The van der Waals surface area contributed by atoms with Crippen LogP contribution in [0.3, 0.4) is 0 Å². The fourth-order valence-electron chi connectivity index (χ4n) is 1.26. The molecule has 0 saturated carbocycles. The lowest BCUT2D eigenvalue weighted by atomic mass is 10.3. The Balaban J connectivity index is 2.24. The van der Waals surface area contributed by atoms with Crippen molar-refractivity contribution >= 4 is 5.97 Å². The maximum atomic E-state index is 10.5. The number of carbonyl (C=O) groups is 1. The summed E-state index contributed by atoms with van der Waals surface area (Å²) in [6.07, 6.45) is 4.82. The highest BCUT2D eigenvalue weighted by Crippen LogP contribution is 2.13.